The van der Waals surface area contributed by atoms with E-state index in [1.54, 1.807) is 6.07 Å². The van der Waals surface area contributed by atoms with Crippen LogP contribution in [-0.4, -0.2) is 64.4 Å². The second-order valence-electron chi connectivity index (χ2n) is 7.66. The maximum atomic E-state index is 14.5. The highest BCUT2D eigenvalue weighted by atomic mass is 35.5. The molecule has 5 heterocycles. The topological polar surface area (TPSA) is 50.6 Å². The van der Waals surface area contributed by atoms with Crippen LogP contribution in [-0.2, 0) is 17.8 Å². The van der Waals surface area contributed by atoms with Crippen LogP contribution in [0.4, 0.5) is 9.18 Å². The van der Waals surface area contributed by atoms with Crippen molar-refractivity contribution in [2.24, 2.45) is 0 Å². The van der Waals surface area contributed by atoms with Crippen LogP contribution in [0, 0.1) is 5.82 Å². The zero-order valence-corrected chi connectivity index (χ0v) is 16.3. The van der Waals surface area contributed by atoms with Crippen molar-refractivity contribution in [1.29, 1.82) is 0 Å². The van der Waals surface area contributed by atoms with E-state index < -0.39 is 5.82 Å². The molecule has 0 radical (unpaired) electrons. The van der Waals surface area contributed by atoms with Gasteiger partial charge in [-0.25, -0.2) is 9.18 Å². The summed E-state index contributed by atoms with van der Waals surface area (Å²) >= 11 is 6.10. The molecule has 8 heteroatoms. The van der Waals surface area contributed by atoms with Gasteiger partial charge in [0.1, 0.15) is 5.82 Å². The Morgan fingerprint density at radius 2 is 2.04 bits per heavy atom. The highest BCUT2D eigenvalue weighted by Gasteiger charge is 2.35. The van der Waals surface area contributed by atoms with Gasteiger partial charge in [-0.3, -0.25) is 0 Å². The number of benzene rings is 1. The van der Waals surface area contributed by atoms with Crippen molar-refractivity contribution in [3.8, 4) is 11.3 Å². The summed E-state index contributed by atoms with van der Waals surface area (Å²) in [5.41, 5.74) is 2.43. The first-order chi connectivity index (χ1) is 13.6. The second-order valence-corrected chi connectivity index (χ2v) is 8.10. The number of halogens is 2. The Bertz CT molecular complexity index is 923. The Kier molecular flexibility index (Phi) is 4.61. The number of amides is 1. The molecule has 4 aliphatic rings. The molecule has 2 aromatic rings. The van der Waals surface area contributed by atoms with E-state index in [1.807, 2.05) is 4.90 Å². The molecule has 6 rings (SSSR count). The molecule has 1 aromatic heterocycles. The predicted octanol–water partition coefficient (Wildman–Crippen LogP) is 3.16. The van der Waals surface area contributed by atoms with Crippen molar-refractivity contribution in [1.82, 2.24) is 19.6 Å². The van der Waals surface area contributed by atoms with Crippen molar-refractivity contribution in [3.63, 3.8) is 0 Å². The molecule has 3 fully saturated rings. The number of ether oxygens (including phenoxy) is 1. The molecule has 1 amide bonds. The van der Waals surface area contributed by atoms with Crippen LogP contribution in [0.1, 0.15) is 24.1 Å². The number of carbonyl (C=O) groups is 1. The van der Waals surface area contributed by atoms with Gasteiger partial charge in [0, 0.05) is 48.4 Å². The van der Waals surface area contributed by atoms with Crippen LogP contribution in [0.2, 0.25) is 5.02 Å². The number of hydrogen-bond donors (Lipinski definition) is 0. The molecule has 2 bridgehead atoms. The van der Waals surface area contributed by atoms with Gasteiger partial charge in [-0.1, -0.05) is 11.6 Å². The highest BCUT2D eigenvalue weighted by molar-refractivity contribution is 6.30. The molecule has 0 spiro atoms. The fraction of sp³-hybridized carbons (Fsp3) is 0.500. The average Bonchev–Trinajstić information content (AvgIpc) is 2.84. The number of nitrogens with zero attached hydrogens (tertiary/aromatic N) is 4. The third-order valence-electron chi connectivity index (χ3n) is 6.09. The summed E-state index contributed by atoms with van der Waals surface area (Å²) < 4.78 is 21.6. The molecule has 0 unspecified atom stereocenters. The lowest BCUT2D eigenvalue weighted by atomic mass is 10.0. The number of aromatic nitrogens is 2. The molecular formula is C20H22ClFN4O2. The van der Waals surface area contributed by atoms with Crippen molar-refractivity contribution in [2.75, 3.05) is 32.8 Å². The molecule has 0 N–H and O–H groups in total. The fourth-order valence-corrected chi connectivity index (χ4v) is 4.72. The first-order valence-corrected chi connectivity index (χ1v) is 10.2. The van der Waals surface area contributed by atoms with Gasteiger partial charge in [0.25, 0.3) is 0 Å². The first kappa shape index (κ1) is 18.1. The quantitative estimate of drug-likeness (QED) is 0.732. The molecule has 148 valence electrons. The smallest absolute Gasteiger partial charge is 0.345 e. The number of piperidine rings is 1. The molecule has 0 aliphatic carbocycles. The van der Waals surface area contributed by atoms with Gasteiger partial charge in [-0.2, -0.15) is 9.78 Å². The van der Waals surface area contributed by atoms with Crippen LogP contribution in [0.3, 0.4) is 0 Å². The van der Waals surface area contributed by atoms with Crippen LogP contribution in [0.25, 0.3) is 11.3 Å². The molecule has 1 aromatic carbocycles. The lowest BCUT2D eigenvalue weighted by Gasteiger charge is -2.31. The third-order valence-corrected chi connectivity index (χ3v) is 6.33. The summed E-state index contributed by atoms with van der Waals surface area (Å²) in [5, 5.41) is 5.03. The Morgan fingerprint density at radius 3 is 2.86 bits per heavy atom. The number of carbonyl (C=O) groups excluding carboxylic acids is 1. The maximum Gasteiger partial charge on any atom is 0.345 e. The molecule has 6 nitrogen and oxygen atoms in total. The number of fused-ring (bicyclic) bond motifs is 5. The third kappa shape index (κ3) is 3.02. The summed E-state index contributed by atoms with van der Waals surface area (Å²) in [5.74, 6) is -0.392. The molecule has 28 heavy (non-hydrogen) atoms. The van der Waals surface area contributed by atoms with Crippen LogP contribution < -0.4 is 0 Å². The Morgan fingerprint density at radius 1 is 1.21 bits per heavy atom. The van der Waals surface area contributed by atoms with Gasteiger partial charge in [0.2, 0.25) is 0 Å². The summed E-state index contributed by atoms with van der Waals surface area (Å²) in [6.07, 6.45) is 2.57. The van der Waals surface area contributed by atoms with Crippen molar-refractivity contribution < 1.29 is 13.9 Å². The maximum absolute atomic E-state index is 14.5. The van der Waals surface area contributed by atoms with E-state index in [1.165, 1.54) is 16.8 Å². The van der Waals surface area contributed by atoms with Gasteiger partial charge in [-0.15, -0.1) is 0 Å². The minimum atomic E-state index is -0.392. The van der Waals surface area contributed by atoms with Crippen molar-refractivity contribution in [2.45, 2.75) is 31.9 Å². The van der Waals surface area contributed by atoms with E-state index in [0.717, 1.165) is 43.7 Å². The largest absolute Gasteiger partial charge is 0.375 e. The van der Waals surface area contributed by atoms with Crippen LogP contribution in [0.5, 0.6) is 0 Å². The fourth-order valence-electron chi connectivity index (χ4n) is 4.55. The Hall–Kier alpha value is -1.96. The van der Waals surface area contributed by atoms with E-state index in [-0.39, 0.29) is 12.1 Å². The molecule has 3 saturated heterocycles. The van der Waals surface area contributed by atoms with Crippen LogP contribution in [0.15, 0.2) is 18.2 Å². The second kappa shape index (κ2) is 7.13. The SMILES string of the molecule is O=C(N1CCN2CCC1CC2)n1nc(-c2cc(Cl)ccc2F)c2c1COCC2. The normalized spacial score (nSPS) is 24.1. The molecule has 4 aliphatic heterocycles. The van der Waals surface area contributed by atoms with Gasteiger partial charge in [0.15, 0.2) is 0 Å². The van der Waals surface area contributed by atoms with Gasteiger partial charge < -0.3 is 14.5 Å². The van der Waals surface area contributed by atoms with E-state index in [4.69, 9.17) is 16.3 Å². The van der Waals surface area contributed by atoms with Gasteiger partial charge in [0.05, 0.1) is 24.6 Å². The average molecular weight is 405 g/mol. The van der Waals surface area contributed by atoms with E-state index in [9.17, 15) is 9.18 Å². The predicted molar refractivity (Wildman–Crippen MR) is 103 cm³/mol. The van der Waals surface area contributed by atoms with E-state index >= 15 is 0 Å². The minimum Gasteiger partial charge on any atom is -0.375 e. The molecule has 0 atom stereocenters. The zero-order valence-electron chi connectivity index (χ0n) is 15.5. The van der Waals surface area contributed by atoms with Gasteiger partial charge >= 0.3 is 6.03 Å². The number of hydrogen-bond acceptors (Lipinski definition) is 4. The Labute approximate surface area is 167 Å². The lowest BCUT2D eigenvalue weighted by Crippen LogP contribution is -2.44. The minimum absolute atomic E-state index is 0.135. The van der Waals surface area contributed by atoms with Crippen molar-refractivity contribution in [3.05, 3.63) is 40.3 Å². The zero-order chi connectivity index (χ0) is 19.3. The summed E-state index contributed by atoms with van der Waals surface area (Å²) in [6, 6.07) is 4.53. The Balaban J connectivity index is 1.57. The molecular weight excluding hydrogens is 383 g/mol. The molecule has 0 saturated carbocycles. The van der Waals surface area contributed by atoms with Crippen molar-refractivity contribution >= 4 is 17.6 Å². The van der Waals surface area contributed by atoms with E-state index in [0.29, 0.717) is 42.5 Å². The van der Waals surface area contributed by atoms with Gasteiger partial charge in [-0.05, 0) is 37.5 Å². The first-order valence-electron chi connectivity index (χ1n) is 9.79. The number of rotatable bonds is 1. The lowest BCUT2D eigenvalue weighted by molar-refractivity contribution is 0.103. The van der Waals surface area contributed by atoms with E-state index in [2.05, 4.69) is 10.00 Å². The monoisotopic (exact) mass is 404 g/mol. The van der Waals surface area contributed by atoms with Crippen LogP contribution >= 0.6 is 11.6 Å². The summed E-state index contributed by atoms with van der Waals surface area (Å²) in [4.78, 5) is 17.8. The summed E-state index contributed by atoms with van der Waals surface area (Å²) in [6.45, 7) is 4.49. The highest BCUT2D eigenvalue weighted by Crippen LogP contribution is 2.33. The summed E-state index contributed by atoms with van der Waals surface area (Å²) in [7, 11) is 0. The standard InChI is InChI=1S/C20H22ClFN4O2/c21-13-1-2-17(22)16(11-13)19-15-5-10-28-12-18(15)26(23-19)20(27)25-9-8-24-6-3-14(25)4-7-24/h1-2,11,14H,3-10,12H2.